The standard InChI is InChI=1S/C19H13Cl2F3N2O3S/c1-2-13(17(28)29)26-14-4-3-10(19(22,23)24)7-15(14)30-18(26)25-16(27)9-5-11(20)8-12(21)6-9/h3-8,13H,2H2,1H3,(H,28,29). The summed E-state index contributed by atoms with van der Waals surface area (Å²) in [5.41, 5.74) is -0.583. The smallest absolute Gasteiger partial charge is 0.416 e. The first-order chi connectivity index (χ1) is 14.0. The number of halogens is 5. The summed E-state index contributed by atoms with van der Waals surface area (Å²) < 4.78 is 40.7. The highest BCUT2D eigenvalue weighted by atomic mass is 35.5. The molecule has 3 rings (SSSR count). The molecule has 30 heavy (non-hydrogen) atoms. The van der Waals surface area contributed by atoms with Crippen LogP contribution in [0.15, 0.2) is 41.4 Å². The SMILES string of the molecule is CCC(C(=O)O)n1c(=NC(=O)c2cc(Cl)cc(Cl)c2)sc2cc(C(F)(F)F)ccc21. The molecule has 0 aliphatic carbocycles. The predicted octanol–water partition coefficient (Wildman–Crippen LogP) is 5.81. The van der Waals surface area contributed by atoms with E-state index < -0.39 is 29.7 Å². The highest BCUT2D eigenvalue weighted by Crippen LogP contribution is 2.33. The summed E-state index contributed by atoms with van der Waals surface area (Å²) in [6, 6.07) is 5.94. The Bertz CT molecular complexity index is 1200. The number of aliphatic carboxylic acids is 1. The molecule has 0 radical (unpaired) electrons. The van der Waals surface area contributed by atoms with E-state index in [1.54, 1.807) is 6.92 Å². The molecule has 3 aromatic rings. The van der Waals surface area contributed by atoms with Crippen molar-refractivity contribution in [2.45, 2.75) is 25.6 Å². The molecule has 158 valence electrons. The van der Waals surface area contributed by atoms with Crippen LogP contribution in [-0.4, -0.2) is 21.6 Å². The van der Waals surface area contributed by atoms with Crippen molar-refractivity contribution < 1.29 is 27.9 Å². The van der Waals surface area contributed by atoms with Crippen LogP contribution in [-0.2, 0) is 11.0 Å². The van der Waals surface area contributed by atoms with E-state index in [-0.39, 0.29) is 37.0 Å². The van der Waals surface area contributed by atoms with Gasteiger partial charge in [-0.3, -0.25) is 4.79 Å². The summed E-state index contributed by atoms with van der Waals surface area (Å²) >= 11 is 12.6. The summed E-state index contributed by atoms with van der Waals surface area (Å²) in [7, 11) is 0. The Morgan fingerprint density at radius 3 is 2.33 bits per heavy atom. The number of benzene rings is 2. The summed E-state index contributed by atoms with van der Waals surface area (Å²) in [5.74, 6) is -1.95. The van der Waals surface area contributed by atoms with Gasteiger partial charge in [0.25, 0.3) is 5.91 Å². The van der Waals surface area contributed by atoms with E-state index in [0.29, 0.717) is 0 Å². The van der Waals surface area contributed by atoms with E-state index in [1.165, 1.54) is 28.8 Å². The second kappa shape index (κ2) is 8.41. The van der Waals surface area contributed by atoms with Crippen LogP contribution in [0.3, 0.4) is 0 Å². The monoisotopic (exact) mass is 476 g/mol. The number of thiazole rings is 1. The zero-order valence-electron chi connectivity index (χ0n) is 15.2. The topological polar surface area (TPSA) is 71.7 Å². The second-order valence-electron chi connectivity index (χ2n) is 6.27. The van der Waals surface area contributed by atoms with Crippen molar-refractivity contribution in [2.75, 3.05) is 0 Å². The van der Waals surface area contributed by atoms with Crippen molar-refractivity contribution in [1.82, 2.24) is 4.57 Å². The molecule has 0 saturated carbocycles. The maximum atomic E-state index is 13.1. The van der Waals surface area contributed by atoms with Crippen molar-refractivity contribution in [3.8, 4) is 0 Å². The minimum Gasteiger partial charge on any atom is -0.480 e. The van der Waals surface area contributed by atoms with Crippen LogP contribution in [0.4, 0.5) is 13.2 Å². The zero-order chi connectivity index (χ0) is 22.2. The molecule has 5 nitrogen and oxygen atoms in total. The number of nitrogens with zero attached hydrogens (tertiary/aromatic N) is 2. The summed E-state index contributed by atoms with van der Waals surface area (Å²) in [6.45, 7) is 1.61. The molecular formula is C19H13Cl2F3N2O3S. The van der Waals surface area contributed by atoms with Gasteiger partial charge in [0.1, 0.15) is 6.04 Å². The zero-order valence-corrected chi connectivity index (χ0v) is 17.5. The number of hydrogen-bond donors (Lipinski definition) is 1. The van der Waals surface area contributed by atoms with E-state index in [9.17, 15) is 27.9 Å². The van der Waals surface area contributed by atoms with Crippen molar-refractivity contribution in [3.05, 3.63) is 62.4 Å². The Labute approximate surface area is 182 Å². The number of carboxylic acids is 1. The third kappa shape index (κ3) is 4.53. The van der Waals surface area contributed by atoms with E-state index in [2.05, 4.69) is 4.99 Å². The summed E-state index contributed by atoms with van der Waals surface area (Å²) in [4.78, 5) is 28.3. The van der Waals surface area contributed by atoms with Gasteiger partial charge in [-0.2, -0.15) is 18.2 Å². The first-order valence-corrected chi connectivity index (χ1v) is 10.1. The highest BCUT2D eigenvalue weighted by Gasteiger charge is 2.31. The average molecular weight is 477 g/mol. The lowest BCUT2D eigenvalue weighted by Gasteiger charge is -2.14. The molecule has 0 bridgehead atoms. The number of alkyl halides is 3. The summed E-state index contributed by atoms with van der Waals surface area (Å²) in [6.07, 6.45) is -4.43. The summed E-state index contributed by atoms with van der Waals surface area (Å²) in [5, 5.41) is 9.99. The van der Waals surface area contributed by atoms with Crippen LogP contribution in [0.2, 0.25) is 10.0 Å². The fourth-order valence-electron chi connectivity index (χ4n) is 2.90. The molecule has 1 atom stereocenters. The number of fused-ring (bicyclic) bond motifs is 1. The molecule has 2 aromatic carbocycles. The quantitative estimate of drug-likeness (QED) is 0.516. The molecular weight excluding hydrogens is 464 g/mol. The van der Waals surface area contributed by atoms with Gasteiger partial charge < -0.3 is 9.67 Å². The maximum absolute atomic E-state index is 13.1. The van der Waals surface area contributed by atoms with Crippen molar-refractivity contribution >= 4 is 56.6 Å². The Balaban J connectivity index is 2.26. The van der Waals surface area contributed by atoms with Gasteiger partial charge in [-0.1, -0.05) is 41.5 Å². The fraction of sp³-hybridized carbons (Fsp3) is 0.211. The molecule has 0 fully saturated rings. The lowest BCUT2D eigenvalue weighted by Crippen LogP contribution is -2.27. The van der Waals surface area contributed by atoms with Crippen molar-refractivity contribution in [3.63, 3.8) is 0 Å². The maximum Gasteiger partial charge on any atom is 0.416 e. The van der Waals surface area contributed by atoms with Crippen molar-refractivity contribution in [2.24, 2.45) is 4.99 Å². The molecule has 0 spiro atoms. The van der Waals surface area contributed by atoms with Gasteiger partial charge in [0.15, 0.2) is 4.80 Å². The van der Waals surface area contributed by atoms with Crippen LogP contribution >= 0.6 is 34.5 Å². The largest absolute Gasteiger partial charge is 0.480 e. The van der Waals surface area contributed by atoms with Gasteiger partial charge in [0, 0.05) is 15.6 Å². The Morgan fingerprint density at radius 2 is 1.80 bits per heavy atom. The van der Waals surface area contributed by atoms with Crippen molar-refractivity contribution in [1.29, 1.82) is 0 Å². The van der Waals surface area contributed by atoms with Gasteiger partial charge in [-0.15, -0.1) is 0 Å². The van der Waals surface area contributed by atoms with Crippen LogP contribution in [0.1, 0.15) is 35.3 Å². The Hall–Kier alpha value is -2.36. The van der Waals surface area contributed by atoms with Gasteiger partial charge in [0.05, 0.1) is 15.8 Å². The molecule has 1 aromatic heterocycles. The lowest BCUT2D eigenvalue weighted by atomic mass is 10.2. The van der Waals surface area contributed by atoms with Gasteiger partial charge in [0.2, 0.25) is 0 Å². The molecule has 0 aliphatic rings. The van der Waals surface area contributed by atoms with Crippen LogP contribution in [0.25, 0.3) is 10.2 Å². The van der Waals surface area contributed by atoms with Crippen LogP contribution < -0.4 is 4.80 Å². The Kier molecular flexibility index (Phi) is 6.26. The molecule has 1 amide bonds. The molecule has 1 N–H and O–H groups in total. The molecule has 0 aliphatic heterocycles. The van der Waals surface area contributed by atoms with E-state index >= 15 is 0 Å². The number of carbonyl (C=O) groups excluding carboxylic acids is 1. The predicted molar refractivity (Wildman–Crippen MR) is 108 cm³/mol. The van der Waals surface area contributed by atoms with E-state index in [0.717, 1.165) is 23.5 Å². The van der Waals surface area contributed by atoms with Gasteiger partial charge in [-0.25, -0.2) is 4.79 Å². The second-order valence-corrected chi connectivity index (χ2v) is 8.15. The number of amides is 1. The first-order valence-electron chi connectivity index (χ1n) is 8.51. The Morgan fingerprint density at radius 1 is 1.17 bits per heavy atom. The third-order valence-electron chi connectivity index (χ3n) is 4.24. The lowest BCUT2D eigenvalue weighted by molar-refractivity contribution is -0.141. The highest BCUT2D eigenvalue weighted by molar-refractivity contribution is 7.16. The third-order valence-corrected chi connectivity index (χ3v) is 5.70. The average Bonchev–Trinajstić information content (AvgIpc) is 2.97. The minimum absolute atomic E-state index is 0.0420. The fourth-order valence-corrected chi connectivity index (χ4v) is 4.53. The normalized spacial score (nSPS) is 13.6. The number of aromatic nitrogens is 1. The number of carboxylic acid groups (broad SMARTS) is 1. The minimum atomic E-state index is -4.56. The van der Waals surface area contributed by atoms with Gasteiger partial charge in [-0.05, 0) is 42.8 Å². The van der Waals surface area contributed by atoms with Gasteiger partial charge >= 0.3 is 12.1 Å². The molecule has 0 saturated heterocycles. The number of hydrogen-bond acceptors (Lipinski definition) is 3. The molecule has 1 unspecified atom stereocenters. The van der Waals surface area contributed by atoms with E-state index in [4.69, 9.17) is 23.2 Å². The number of rotatable bonds is 4. The first kappa shape index (κ1) is 22.3. The molecule has 11 heteroatoms. The number of carbonyl (C=O) groups is 2. The van der Waals surface area contributed by atoms with Crippen LogP contribution in [0.5, 0.6) is 0 Å². The molecule has 1 heterocycles. The van der Waals surface area contributed by atoms with E-state index in [1.807, 2.05) is 0 Å². The van der Waals surface area contributed by atoms with Crippen LogP contribution in [0, 0.1) is 0 Å².